The van der Waals surface area contributed by atoms with E-state index in [2.05, 4.69) is 228 Å². The number of nitrogens with one attached hydrogen (secondary N) is 1. The summed E-state index contributed by atoms with van der Waals surface area (Å²) in [5.74, 6) is 0. The van der Waals surface area contributed by atoms with Crippen LogP contribution in [0.15, 0.2) is 194 Å². The number of para-hydroxylation sites is 3. The zero-order valence-electron chi connectivity index (χ0n) is 35.5. The maximum atomic E-state index is 4.18. The number of hydrogen-bond acceptors (Lipinski definition) is 2. The predicted octanol–water partition coefficient (Wildman–Crippen LogP) is 14.3. The van der Waals surface area contributed by atoms with Crippen LogP contribution < -0.4 is 10.6 Å². The van der Waals surface area contributed by atoms with Crippen molar-refractivity contribution in [3.8, 4) is 27.9 Å². The van der Waals surface area contributed by atoms with Gasteiger partial charge in [0.05, 0.1) is 28.1 Å². The highest BCUT2D eigenvalue weighted by Crippen LogP contribution is 2.50. The third-order valence-corrected chi connectivity index (χ3v) is 15.8. The van der Waals surface area contributed by atoms with Crippen LogP contribution in [0.5, 0.6) is 0 Å². The van der Waals surface area contributed by atoms with E-state index < -0.39 is 0 Å². The molecule has 12 aromatic rings. The van der Waals surface area contributed by atoms with Crippen LogP contribution in [0.3, 0.4) is 0 Å². The molecule has 9 aromatic carbocycles. The smallest absolute Gasteiger partial charge is 0.229 e. The molecule has 0 fully saturated rings. The molecule has 4 heterocycles. The van der Waals surface area contributed by atoms with Crippen molar-refractivity contribution in [3.05, 3.63) is 216 Å². The molecule has 4 nitrogen and oxygen atoms in total. The standard InChI is InChI=1S/C59H42N4S/c1-59(2)48-21-8-3-14-38(48)39-29-28-37(34-49(39)59)62-51-23-10-5-15-40(51)46-32-35(26-30-53(46)62)36-27-31-54-47(33-36)41-16-6-11-24-52(41)63(54)58-60-50-22-9-4-18-44(50)56(61-58)45-20-13-19-43-42-17-7-12-25-55(42)64-57(43)45/h3-34,56,58,60-61H,1-2H3/p+1. The van der Waals surface area contributed by atoms with E-state index in [0.29, 0.717) is 0 Å². The Morgan fingerprint density at radius 2 is 1.09 bits per heavy atom. The Morgan fingerprint density at radius 3 is 1.95 bits per heavy atom. The van der Waals surface area contributed by atoms with Crippen LogP contribution in [-0.4, -0.2) is 9.13 Å². The first kappa shape index (κ1) is 36.2. The van der Waals surface area contributed by atoms with E-state index in [1.54, 1.807) is 0 Å². The summed E-state index contributed by atoms with van der Waals surface area (Å²) in [5, 5.41) is 14.3. The molecule has 0 saturated carbocycles. The first-order chi connectivity index (χ1) is 31.5. The molecule has 0 radical (unpaired) electrons. The Hall–Kier alpha value is -7.28. The highest BCUT2D eigenvalue weighted by atomic mass is 32.1. The Balaban J connectivity index is 0.888. The minimum absolute atomic E-state index is 0.0203. The van der Waals surface area contributed by atoms with Crippen molar-refractivity contribution >= 4 is 80.8 Å². The molecule has 304 valence electrons. The van der Waals surface area contributed by atoms with Gasteiger partial charge in [0, 0.05) is 58.4 Å². The van der Waals surface area contributed by atoms with Crippen molar-refractivity contribution in [3.63, 3.8) is 0 Å². The van der Waals surface area contributed by atoms with Crippen LogP contribution >= 0.6 is 11.3 Å². The van der Waals surface area contributed by atoms with Crippen molar-refractivity contribution in [2.75, 3.05) is 0 Å². The molecule has 2 aliphatic rings. The fraction of sp³-hybridized carbons (Fsp3) is 0.0847. The number of hydrogen-bond donors (Lipinski definition) is 2. The normalized spacial score (nSPS) is 16.6. The zero-order chi connectivity index (χ0) is 42.3. The molecule has 0 bridgehead atoms. The monoisotopic (exact) mass is 839 g/mol. The van der Waals surface area contributed by atoms with Crippen LogP contribution in [0, 0.1) is 0 Å². The van der Waals surface area contributed by atoms with Gasteiger partial charge in [-0.1, -0.05) is 147 Å². The van der Waals surface area contributed by atoms with Crippen molar-refractivity contribution in [2.45, 2.75) is 31.6 Å². The number of thiophene rings is 1. The Kier molecular flexibility index (Phi) is 7.57. The summed E-state index contributed by atoms with van der Waals surface area (Å²) in [6.07, 6.45) is -0.0702. The van der Waals surface area contributed by atoms with Crippen LogP contribution in [0.2, 0.25) is 0 Å². The van der Waals surface area contributed by atoms with E-state index in [1.165, 1.54) is 120 Å². The van der Waals surface area contributed by atoms with Crippen LogP contribution in [0.1, 0.15) is 48.4 Å². The Labute approximate surface area is 374 Å². The molecular formula is C59H43N4S+. The van der Waals surface area contributed by atoms with Crippen LogP contribution in [0.4, 0.5) is 5.69 Å². The third-order valence-electron chi connectivity index (χ3n) is 14.5. The third kappa shape index (κ3) is 5.06. The summed E-state index contributed by atoms with van der Waals surface area (Å²) in [6, 6.07) is 72.5. The quantitative estimate of drug-likeness (QED) is 0.170. The largest absolute Gasteiger partial charge is 0.309 e. The van der Waals surface area contributed by atoms with Crippen molar-refractivity contribution in [2.24, 2.45) is 0 Å². The van der Waals surface area contributed by atoms with Gasteiger partial charge in [-0.2, -0.15) is 0 Å². The zero-order valence-corrected chi connectivity index (χ0v) is 36.3. The van der Waals surface area contributed by atoms with E-state index in [1.807, 2.05) is 11.3 Å². The molecule has 0 spiro atoms. The summed E-state index contributed by atoms with van der Waals surface area (Å²) in [5.41, 5.74) is 17.8. The molecule has 1 aliphatic carbocycles. The lowest BCUT2D eigenvalue weighted by Crippen LogP contribution is -2.86. The number of aromatic nitrogens is 2. The first-order valence-electron chi connectivity index (χ1n) is 22.4. The molecule has 1 aliphatic heterocycles. The van der Waals surface area contributed by atoms with E-state index in [-0.39, 0.29) is 17.7 Å². The van der Waals surface area contributed by atoms with E-state index in [0.717, 1.165) is 0 Å². The Morgan fingerprint density at radius 1 is 0.484 bits per heavy atom. The summed E-state index contributed by atoms with van der Waals surface area (Å²) >= 11 is 1.90. The first-order valence-corrected chi connectivity index (χ1v) is 23.2. The summed E-state index contributed by atoms with van der Waals surface area (Å²) < 4.78 is 7.67. The second-order valence-electron chi connectivity index (χ2n) is 18.3. The predicted molar refractivity (Wildman–Crippen MR) is 268 cm³/mol. The topological polar surface area (TPSA) is 38.5 Å². The van der Waals surface area contributed by atoms with Gasteiger partial charge in [-0.25, -0.2) is 5.32 Å². The van der Waals surface area contributed by atoms with Gasteiger partial charge >= 0.3 is 0 Å². The highest BCUT2D eigenvalue weighted by molar-refractivity contribution is 7.26. The lowest BCUT2D eigenvalue weighted by molar-refractivity contribution is -0.646. The average molecular weight is 840 g/mol. The fourth-order valence-electron chi connectivity index (χ4n) is 11.6. The molecular weight excluding hydrogens is 797 g/mol. The minimum Gasteiger partial charge on any atom is -0.309 e. The van der Waals surface area contributed by atoms with Gasteiger partial charge in [0.1, 0.15) is 5.69 Å². The van der Waals surface area contributed by atoms with Crippen LogP contribution in [-0.2, 0) is 5.41 Å². The van der Waals surface area contributed by atoms with Gasteiger partial charge in [0.15, 0.2) is 0 Å². The van der Waals surface area contributed by atoms with Crippen molar-refractivity contribution in [1.29, 1.82) is 0 Å². The molecule has 5 heteroatoms. The Bertz CT molecular complexity index is 3920. The molecule has 2 atom stereocenters. The molecule has 14 rings (SSSR count). The van der Waals surface area contributed by atoms with E-state index in [4.69, 9.17) is 0 Å². The second kappa shape index (κ2) is 13.4. The summed E-state index contributed by atoms with van der Waals surface area (Å²) in [7, 11) is 0. The van der Waals surface area contributed by atoms with E-state index >= 15 is 0 Å². The maximum absolute atomic E-state index is 4.18. The average Bonchev–Trinajstić information content (AvgIpc) is 4.06. The number of rotatable bonds is 4. The molecule has 0 saturated heterocycles. The van der Waals surface area contributed by atoms with Gasteiger partial charge in [-0.05, 0) is 99.6 Å². The lowest BCUT2D eigenvalue weighted by Gasteiger charge is -2.32. The highest BCUT2D eigenvalue weighted by Gasteiger charge is 2.36. The number of fused-ring (bicyclic) bond motifs is 13. The van der Waals surface area contributed by atoms with Gasteiger partial charge in [0.25, 0.3) is 0 Å². The number of nitrogens with zero attached hydrogens (tertiary/aromatic N) is 2. The second-order valence-corrected chi connectivity index (χ2v) is 19.3. The number of quaternary nitrogens is 1. The molecule has 64 heavy (non-hydrogen) atoms. The van der Waals surface area contributed by atoms with Gasteiger partial charge in [-0.3, -0.25) is 9.88 Å². The van der Waals surface area contributed by atoms with Crippen molar-refractivity contribution in [1.82, 2.24) is 14.5 Å². The summed E-state index contributed by atoms with van der Waals surface area (Å²) in [4.78, 5) is 0. The maximum Gasteiger partial charge on any atom is 0.229 e. The van der Waals surface area contributed by atoms with E-state index in [9.17, 15) is 0 Å². The van der Waals surface area contributed by atoms with Gasteiger partial charge < -0.3 is 4.57 Å². The minimum atomic E-state index is -0.0702. The molecule has 3 aromatic heterocycles. The fourth-order valence-corrected chi connectivity index (χ4v) is 12.8. The molecule has 2 unspecified atom stereocenters. The molecule has 0 amide bonds. The van der Waals surface area contributed by atoms with Crippen LogP contribution in [0.25, 0.3) is 91.7 Å². The van der Waals surface area contributed by atoms with Gasteiger partial charge in [0.2, 0.25) is 6.29 Å². The molecule has 3 N–H and O–H groups in total. The van der Waals surface area contributed by atoms with Crippen molar-refractivity contribution < 1.29 is 5.32 Å². The number of nitrogens with two attached hydrogens (primary N) is 1. The summed E-state index contributed by atoms with van der Waals surface area (Å²) in [6.45, 7) is 4.73. The number of benzene rings is 9. The lowest BCUT2D eigenvalue weighted by atomic mass is 9.82. The SMILES string of the molecule is CC1(C)c2ccccc2-c2ccc(-n3c4ccccc4c4cc(-c5ccc6c(c5)c5ccccc5n6C5NC(c6cccc7c6sc6ccccc67)c6ccccc6[NH2+]5)ccc43)cc21. The van der Waals surface area contributed by atoms with Gasteiger partial charge in [-0.15, -0.1) is 11.3 Å².